The molecular weight excluding hydrogens is 238 g/mol. The predicted molar refractivity (Wildman–Crippen MR) is 74.1 cm³/mol. The van der Waals surface area contributed by atoms with Gasteiger partial charge in [0.05, 0.1) is 5.92 Å². The van der Waals surface area contributed by atoms with Gasteiger partial charge in [0.15, 0.2) is 0 Å². The van der Waals surface area contributed by atoms with Crippen molar-refractivity contribution in [2.45, 2.75) is 25.7 Å². The number of benzene rings is 1. The summed E-state index contributed by atoms with van der Waals surface area (Å²) in [5.74, 6) is -1.22. The number of aliphatic carboxylic acids is 1. The van der Waals surface area contributed by atoms with E-state index in [4.69, 9.17) is 0 Å². The summed E-state index contributed by atoms with van der Waals surface area (Å²) in [5, 5.41) is 9.36. The van der Waals surface area contributed by atoms with Crippen LogP contribution in [0.5, 0.6) is 0 Å². The van der Waals surface area contributed by atoms with Gasteiger partial charge in [-0.2, -0.15) is 0 Å². The van der Waals surface area contributed by atoms with Gasteiger partial charge in [0.2, 0.25) is 0 Å². The number of carboxylic acid groups (broad SMARTS) is 1. The molecule has 19 heavy (non-hydrogen) atoms. The van der Waals surface area contributed by atoms with E-state index in [-0.39, 0.29) is 0 Å². The highest BCUT2D eigenvalue weighted by Crippen LogP contribution is 2.22. The zero-order valence-corrected chi connectivity index (χ0v) is 10.9. The van der Waals surface area contributed by atoms with Crippen molar-refractivity contribution >= 4 is 5.97 Å². The zero-order valence-electron chi connectivity index (χ0n) is 10.9. The Morgan fingerprint density at radius 1 is 1.16 bits per heavy atom. The van der Waals surface area contributed by atoms with E-state index in [1.807, 2.05) is 43.3 Å². The van der Waals surface area contributed by atoms with E-state index in [2.05, 4.69) is 4.98 Å². The Kier molecular flexibility index (Phi) is 4.29. The number of carbonyl (C=O) groups is 1. The summed E-state index contributed by atoms with van der Waals surface area (Å²) in [5.41, 5.74) is 3.13. The number of hydrogen-bond acceptors (Lipinski definition) is 2. The largest absolute Gasteiger partial charge is 0.481 e. The fraction of sp³-hybridized carbons (Fsp3) is 0.250. The molecule has 3 nitrogen and oxygen atoms in total. The molecule has 0 bridgehead atoms. The first kappa shape index (κ1) is 13.3. The van der Waals surface area contributed by atoms with Crippen molar-refractivity contribution in [2.24, 2.45) is 0 Å². The number of nitrogens with zero attached hydrogens (tertiary/aromatic N) is 1. The lowest BCUT2D eigenvalue weighted by molar-refractivity contribution is -0.138. The molecule has 1 aromatic heterocycles. The summed E-state index contributed by atoms with van der Waals surface area (Å²) in [6, 6.07) is 11.6. The molecule has 1 aromatic carbocycles. The maximum Gasteiger partial charge on any atom is 0.310 e. The van der Waals surface area contributed by atoms with Gasteiger partial charge >= 0.3 is 5.97 Å². The Bertz CT molecular complexity index is 534. The van der Waals surface area contributed by atoms with Crippen LogP contribution in [-0.2, 0) is 11.2 Å². The molecule has 1 heterocycles. The molecule has 98 valence electrons. The van der Waals surface area contributed by atoms with Crippen LogP contribution in [-0.4, -0.2) is 16.1 Å². The number of pyridine rings is 1. The third kappa shape index (κ3) is 3.65. The molecule has 0 radical (unpaired) electrons. The molecule has 0 aliphatic rings. The van der Waals surface area contributed by atoms with Crippen LogP contribution in [0.15, 0.2) is 48.8 Å². The molecule has 1 unspecified atom stereocenters. The second-order valence-corrected chi connectivity index (χ2v) is 4.70. The van der Waals surface area contributed by atoms with Crippen molar-refractivity contribution in [3.63, 3.8) is 0 Å². The lowest BCUT2D eigenvalue weighted by Crippen LogP contribution is -2.12. The highest BCUT2D eigenvalue weighted by molar-refractivity contribution is 5.76. The van der Waals surface area contributed by atoms with E-state index < -0.39 is 11.9 Å². The second-order valence-electron chi connectivity index (χ2n) is 4.70. The van der Waals surface area contributed by atoms with Crippen molar-refractivity contribution < 1.29 is 9.90 Å². The third-order valence-electron chi connectivity index (χ3n) is 3.25. The zero-order chi connectivity index (χ0) is 13.7. The lowest BCUT2D eigenvalue weighted by atomic mass is 9.92. The van der Waals surface area contributed by atoms with Gasteiger partial charge in [0, 0.05) is 12.4 Å². The molecule has 0 spiro atoms. The van der Waals surface area contributed by atoms with E-state index in [9.17, 15) is 9.90 Å². The number of aryl methyl sites for hydroxylation is 2. The molecule has 2 aromatic rings. The standard InChI is InChI=1S/C16H17NO2/c1-12-2-5-14(6-3-12)15(16(18)19)7-4-13-8-10-17-11-9-13/h2-3,5-6,8-11,15H,4,7H2,1H3,(H,18,19). The normalized spacial score (nSPS) is 12.1. The van der Waals surface area contributed by atoms with Crippen LogP contribution in [0.2, 0.25) is 0 Å². The Balaban J connectivity index is 2.09. The molecule has 0 amide bonds. The van der Waals surface area contributed by atoms with Gasteiger partial charge in [0.1, 0.15) is 0 Å². The number of carboxylic acids is 1. The van der Waals surface area contributed by atoms with Crippen molar-refractivity contribution in [1.29, 1.82) is 0 Å². The highest BCUT2D eigenvalue weighted by Gasteiger charge is 2.19. The Labute approximate surface area is 112 Å². The lowest BCUT2D eigenvalue weighted by Gasteiger charge is -2.13. The topological polar surface area (TPSA) is 50.2 Å². The smallest absolute Gasteiger partial charge is 0.310 e. The fourth-order valence-corrected chi connectivity index (χ4v) is 2.09. The first-order valence-electron chi connectivity index (χ1n) is 6.35. The van der Waals surface area contributed by atoms with Gasteiger partial charge in [-0.3, -0.25) is 9.78 Å². The maximum atomic E-state index is 11.4. The summed E-state index contributed by atoms with van der Waals surface area (Å²) in [7, 11) is 0. The molecule has 1 N–H and O–H groups in total. The molecule has 2 rings (SSSR count). The van der Waals surface area contributed by atoms with Gasteiger partial charge in [-0.1, -0.05) is 29.8 Å². The first-order chi connectivity index (χ1) is 9.16. The van der Waals surface area contributed by atoms with E-state index in [0.29, 0.717) is 6.42 Å². The van der Waals surface area contributed by atoms with Crippen LogP contribution in [0, 0.1) is 6.92 Å². The van der Waals surface area contributed by atoms with Gasteiger partial charge in [-0.05, 0) is 43.0 Å². The van der Waals surface area contributed by atoms with Crippen LogP contribution in [0.25, 0.3) is 0 Å². The average molecular weight is 255 g/mol. The molecule has 0 saturated carbocycles. The Morgan fingerprint density at radius 2 is 1.79 bits per heavy atom. The molecule has 0 saturated heterocycles. The number of hydrogen-bond donors (Lipinski definition) is 1. The van der Waals surface area contributed by atoms with E-state index in [0.717, 1.165) is 23.1 Å². The Hall–Kier alpha value is -2.16. The molecule has 1 atom stereocenters. The monoisotopic (exact) mass is 255 g/mol. The van der Waals surface area contributed by atoms with Crippen LogP contribution in [0.1, 0.15) is 29.0 Å². The summed E-state index contributed by atoms with van der Waals surface area (Å²) in [4.78, 5) is 15.4. The number of aromatic nitrogens is 1. The van der Waals surface area contributed by atoms with Gasteiger partial charge in [-0.25, -0.2) is 0 Å². The van der Waals surface area contributed by atoms with Crippen LogP contribution < -0.4 is 0 Å². The van der Waals surface area contributed by atoms with E-state index >= 15 is 0 Å². The second kappa shape index (κ2) is 6.14. The van der Waals surface area contributed by atoms with Crippen LogP contribution >= 0.6 is 0 Å². The Morgan fingerprint density at radius 3 is 2.37 bits per heavy atom. The fourth-order valence-electron chi connectivity index (χ4n) is 2.09. The molecule has 3 heteroatoms. The quantitative estimate of drug-likeness (QED) is 0.892. The van der Waals surface area contributed by atoms with Crippen molar-refractivity contribution in [3.8, 4) is 0 Å². The maximum absolute atomic E-state index is 11.4. The van der Waals surface area contributed by atoms with Crippen LogP contribution in [0.4, 0.5) is 0 Å². The van der Waals surface area contributed by atoms with Gasteiger partial charge in [0.25, 0.3) is 0 Å². The van der Waals surface area contributed by atoms with Crippen LogP contribution in [0.3, 0.4) is 0 Å². The molecule has 0 aliphatic carbocycles. The minimum absolute atomic E-state index is 0.450. The average Bonchev–Trinajstić information content (AvgIpc) is 2.42. The summed E-state index contributed by atoms with van der Waals surface area (Å²) < 4.78 is 0. The van der Waals surface area contributed by atoms with E-state index in [1.54, 1.807) is 12.4 Å². The van der Waals surface area contributed by atoms with E-state index in [1.165, 1.54) is 0 Å². The first-order valence-corrected chi connectivity index (χ1v) is 6.35. The van der Waals surface area contributed by atoms with Crippen molar-refractivity contribution in [2.75, 3.05) is 0 Å². The molecule has 0 aliphatic heterocycles. The molecular formula is C16H17NO2. The highest BCUT2D eigenvalue weighted by atomic mass is 16.4. The van der Waals surface area contributed by atoms with Crippen molar-refractivity contribution in [3.05, 3.63) is 65.5 Å². The molecule has 0 fully saturated rings. The van der Waals surface area contributed by atoms with Gasteiger partial charge in [-0.15, -0.1) is 0 Å². The predicted octanol–water partition coefficient (Wildman–Crippen LogP) is 3.19. The van der Waals surface area contributed by atoms with Gasteiger partial charge < -0.3 is 5.11 Å². The SMILES string of the molecule is Cc1ccc(C(CCc2ccncc2)C(=O)O)cc1. The summed E-state index contributed by atoms with van der Waals surface area (Å²) in [6.45, 7) is 2.00. The minimum atomic E-state index is -0.766. The third-order valence-corrected chi connectivity index (χ3v) is 3.25. The summed E-state index contributed by atoms with van der Waals surface area (Å²) in [6.07, 6.45) is 4.81. The summed E-state index contributed by atoms with van der Waals surface area (Å²) >= 11 is 0. The number of rotatable bonds is 5. The minimum Gasteiger partial charge on any atom is -0.481 e. The van der Waals surface area contributed by atoms with Crippen molar-refractivity contribution in [1.82, 2.24) is 4.98 Å².